The second-order valence-corrected chi connectivity index (χ2v) is 14.0. The Balaban J connectivity index is 1.39. The number of carbonyl (C=O) groups excluding carboxylic acids is 2. The molecule has 1 amide bonds. The van der Waals surface area contributed by atoms with Crippen LogP contribution in [-0.2, 0) is 10.3 Å². The molecule has 240 valence electrons. The molecule has 0 radical (unpaired) electrons. The number of fused-ring (bicyclic) bond motifs is 4. The van der Waals surface area contributed by atoms with Crippen LogP contribution in [0.5, 0.6) is 0 Å². The van der Waals surface area contributed by atoms with Crippen LogP contribution in [0.1, 0.15) is 93.1 Å². The molecule has 4 aliphatic carbocycles. The Morgan fingerprint density at radius 3 is 2.24 bits per heavy atom. The smallest absolute Gasteiger partial charge is 0.383 e. The number of alkyl halides is 5. The molecule has 4 nitrogen and oxygen atoms in total. The Morgan fingerprint density at radius 2 is 1.60 bits per heavy atom. The molecular formula is C36H38F5NO3. The molecular weight excluding hydrogens is 589 g/mol. The van der Waals surface area contributed by atoms with Gasteiger partial charge in [-0.2, -0.15) is 22.0 Å². The lowest BCUT2D eigenvalue weighted by Gasteiger charge is -2.56. The maximum atomic E-state index is 15.2. The van der Waals surface area contributed by atoms with Gasteiger partial charge in [-0.25, -0.2) is 0 Å². The normalized spacial score (nSPS) is 30.3. The van der Waals surface area contributed by atoms with Gasteiger partial charge in [0.05, 0.1) is 5.54 Å². The van der Waals surface area contributed by atoms with E-state index in [2.05, 4.69) is 5.32 Å². The average Bonchev–Trinajstić information content (AvgIpc) is 3.27. The topological polar surface area (TPSA) is 66.4 Å². The first kappa shape index (κ1) is 31.6. The molecule has 2 N–H and O–H groups in total. The van der Waals surface area contributed by atoms with Crippen LogP contribution >= 0.6 is 0 Å². The molecule has 2 unspecified atom stereocenters. The summed E-state index contributed by atoms with van der Waals surface area (Å²) in [5.74, 6) is -7.01. The molecule has 6 rings (SSSR count). The van der Waals surface area contributed by atoms with Crippen molar-refractivity contribution >= 4 is 11.7 Å². The van der Waals surface area contributed by atoms with Gasteiger partial charge < -0.3 is 10.4 Å². The van der Waals surface area contributed by atoms with Gasteiger partial charge in [-0.1, -0.05) is 55.0 Å². The molecule has 0 spiro atoms. The van der Waals surface area contributed by atoms with Crippen molar-refractivity contribution in [3.63, 3.8) is 0 Å². The van der Waals surface area contributed by atoms with E-state index in [1.54, 1.807) is 30.3 Å². The number of halogens is 5. The van der Waals surface area contributed by atoms with Gasteiger partial charge in [-0.3, -0.25) is 9.59 Å². The fourth-order valence-electron chi connectivity index (χ4n) is 8.86. The first-order valence-corrected chi connectivity index (χ1v) is 15.6. The van der Waals surface area contributed by atoms with Crippen molar-refractivity contribution in [1.82, 2.24) is 5.32 Å². The van der Waals surface area contributed by atoms with Crippen molar-refractivity contribution in [3.05, 3.63) is 94.1 Å². The summed E-state index contributed by atoms with van der Waals surface area (Å²) >= 11 is 0. The number of hydrogen-bond acceptors (Lipinski definition) is 3. The zero-order chi connectivity index (χ0) is 32.6. The van der Waals surface area contributed by atoms with Gasteiger partial charge in [0.2, 0.25) is 0 Å². The molecule has 0 saturated heterocycles. The zero-order valence-electron chi connectivity index (χ0n) is 25.6. The summed E-state index contributed by atoms with van der Waals surface area (Å²) < 4.78 is 71.9. The number of rotatable bonds is 5. The summed E-state index contributed by atoms with van der Waals surface area (Å²) in [7, 11) is 0. The van der Waals surface area contributed by atoms with Crippen molar-refractivity contribution in [3.8, 4) is 0 Å². The molecule has 45 heavy (non-hydrogen) atoms. The number of amides is 1. The van der Waals surface area contributed by atoms with Crippen LogP contribution < -0.4 is 5.32 Å². The Hall–Kier alpha value is -3.33. The fourth-order valence-corrected chi connectivity index (χ4v) is 8.86. The van der Waals surface area contributed by atoms with Crippen LogP contribution in [-0.4, -0.2) is 34.5 Å². The molecule has 2 aromatic carbocycles. The predicted molar refractivity (Wildman–Crippen MR) is 160 cm³/mol. The van der Waals surface area contributed by atoms with Crippen LogP contribution in [0.25, 0.3) is 0 Å². The zero-order valence-corrected chi connectivity index (χ0v) is 25.6. The molecule has 2 fully saturated rings. The number of ketones is 1. The predicted octanol–water partition coefficient (Wildman–Crippen LogP) is 8.18. The lowest BCUT2D eigenvalue weighted by molar-refractivity contribution is -0.362. The highest BCUT2D eigenvalue weighted by Gasteiger charge is 2.79. The van der Waals surface area contributed by atoms with Gasteiger partial charge in [0.15, 0.2) is 5.78 Å². The van der Waals surface area contributed by atoms with Crippen LogP contribution in [0, 0.1) is 17.3 Å². The number of benzene rings is 2. The maximum absolute atomic E-state index is 15.2. The molecule has 4 aliphatic rings. The Bertz CT molecular complexity index is 1580. The molecule has 2 aromatic rings. The minimum Gasteiger partial charge on any atom is -0.383 e. The largest absolute Gasteiger partial charge is 0.456 e. The fraction of sp³-hybridized carbons (Fsp3) is 0.500. The minimum atomic E-state index is -5.90. The summed E-state index contributed by atoms with van der Waals surface area (Å²) in [6.45, 7) is 5.19. The molecule has 5 atom stereocenters. The third-order valence-electron chi connectivity index (χ3n) is 11.3. The third-order valence-corrected chi connectivity index (χ3v) is 11.3. The number of allylic oxidation sites excluding steroid dienone is 4. The van der Waals surface area contributed by atoms with Gasteiger partial charge >= 0.3 is 12.1 Å². The van der Waals surface area contributed by atoms with E-state index in [1.807, 2.05) is 44.2 Å². The van der Waals surface area contributed by atoms with Gasteiger partial charge in [-0.05, 0) is 105 Å². The van der Waals surface area contributed by atoms with E-state index in [9.17, 15) is 27.9 Å². The van der Waals surface area contributed by atoms with Crippen LogP contribution in [0.3, 0.4) is 0 Å². The summed E-state index contributed by atoms with van der Waals surface area (Å²) in [5, 5.41) is 14.5. The second-order valence-electron chi connectivity index (χ2n) is 14.0. The number of nitrogens with one attached hydrogen (secondary N) is 1. The van der Waals surface area contributed by atoms with E-state index in [4.69, 9.17) is 0 Å². The molecule has 0 heterocycles. The summed E-state index contributed by atoms with van der Waals surface area (Å²) in [4.78, 5) is 25.6. The van der Waals surface area contributed by atoms with Crippen LogP contribution in [0.4, 0.5) is 22.0 Å². The maximum Gasteiger partial charge on any atom is 0.456 e. The number of aliphatic hydroxyl groups is 1. The number of hydrogen-bond donors (Lipinski definition) is 2. The van der Waals surface area contributed by atoms with Gasteiger partial charge in [-0.15, -0.1) is 0 Å². The van der Waals surface area contributed by atoms with Crippen molar-refractivity contribution in [2.75, 3.05) is 0 Å². The van der Waals surface area contributed by atoms with Crippen molar-refractivity contribution < 1.29 is 36.6 Å². The number of carbonyl (C=O) groups is 2. The van der Waals surface area contributed by atoms with Crippen molar-refractivity contribution in [2.24, 2.45) is 17.3 Å². The standard InChI is InChI=1S/C36H38F5NO3/c1-32(2,24-7-5-4-6-8-24)42-31(44)22-11-9-21(10-12-22)28-20-33(3)29(17-18-34(33,45)35(37,38)36(39,40)41)27-15-13-23-19-25(43)14-16-26(23)30(27)28/h4-12,19,27-29,45H,13-18,20H2,1-3H3,(H,42,44)/t27?,28-,29+,33?,34+/m1/s1. The van der Waals surface area contributed by atoms with Gasteiger partial charge in [0, 0.05) is 23.3 Å². The quantitative estimate of drug-likeness (QED) is 0.329. The van der Waals surface area contributed by atoms with E-state index < -0.39 is 46.9 Å². The molecule has 2 saturated carbocycles. The monoisotopic (exact) mass is 627 g/mol. The minimum absolute atomic E-state index is 0.0267. The summed E-state index contributed by atoms with van der Waals surface area (Å²) in [5.41, 5.74) is -0.763. The van der Waals surface area contributed by atoms with Crippen LogP contribution in [0.15, 0.2) is 77.4 Å². The third kappa shape index (κ3) is 4.88. The SMILES string of the molecule is CC(C)(NC(=O)c1ccc([C@H]2CC3(C)[C@@H](CC[C@@]3(O)C(F)(F)C(F)(F)F)C3CCC4=CC(=O)CCC4=C32)cc1)c1ccccc1. The van der Waals surface area contributed by atoms with E-state index in [0.29, 0.717) is 36.8 Å². The Kier molecular flexibility index (Phi) is 7.46. The Morgan fingerprint density at radius 1 is 0.933 bits per heavy atom. The summed E-state index contributed by atoms with van der Waals surface area (Å²) in [6, 6.07) is 16.3. The average molecular weight is 628 g/mol. The van der Waals surface area contributed by atoms with Gasteiger partial charge in [0.1, 0.15) is 5.60 Å². The first-order valence-electron chi connectivity index (χ1n) is 15.6. The first-order chi connectivity index (χ1) is 21.0. The highest BCUT2D eigenvalue weighted by molar-refractivity contribution is 5.95. The van der Waals surface area contributed by atoms with E-state index in [1.165, 1.54) is 6.92 Å². The summed E-state index contributed by atoms with van der Waals surface area (Å²) in [6.07, 6.45) is -3.09. The van der Waals surface area contributed by atoms with Crippen LogP contribution in [0.2, 0.25) is 0 Å². The lowest BCUT2D eigenvalue weighted by atomic mass is 9.50. The highest BCUT2D eigenvalue weighted by Crippen LogP contribution is 2.70. The highest BCUT2D eigenvalue weighted by atomic mass is 19.4. The second kappa shape index (κ2) is 10.6. The van der Waals surface area contributed by atoms with Crippen molar-refractivity contribution in [2.45, 2.75) is 94.9 Å². The van der Waals surface area contributed by atoms with Gasteiger partial charge in [0.25, 0.3) is 5.91 Å². The van der Waals surface area contributed by atoms with Crippen molar-refractivity contribution in [1.29, 1.82) is 0 Å². The van der Waals surface area contributed by atoms with E-state index in [0.717, 1.165) is 22.3 Å². The van der Waals surface area contributed by atoms with E-state index >= 15 is 8.78 Å². The molecule has 9 heteroatoms. The van der Waals surface area contributed by atoms with E-state index in [-0.39, 0.29) is 30.4 Å². The molecule has 0 aliphatic heterocycles. The lowest BCUT2D eigenvalue weighted by Crippen LogP contribution is -2.65. The molecule has 0 bridgehead atoms. The molecule has 0 aromatic heterocycles. The Labute approximate surface area is 259 Å².